The van der Waals surface area contributed by atoms with Crippen molar-refractivity contribution in [3.63, 3.8) is 0 Å². The standard InChI is InChI=1S/C18H18ClFN6/c19-17-8-14(20)3-2-13(17)11-25-6-7-26-16(12-25)9-15(24-26)10-23-18-21-4-1-5-22-18/h1-5,8-9H,6-7,10-12H2,(H,21,22,23). The van der Waals surface area contributed by atoms with Crippen molar-refractivity contribution >= 4 is 17.5 Å². The van der Waals surface area contributed by atoms with Crippen LogP contribution >= 0.6 is 11.6 Å². The van der Waals surface area contributed by atoms with Crippen LogP contribution in [0.3, 0.4) is 0 Å². The molecule has 0 fully saturated rings. The third kappa shape index (κ3) is 3.84. The lowest BCUT2D eigenvalue weighted by molar-refractivity contribution is 0.205. The number of anilines is 1. The summed E-state index contributed by atoms with van der Waals surface area (Å²) in [4.78, 5) is 10.6. The molecule has 0 saturated heterocycles. The minimum Gasteiger partial charge on any atom is -0.348 e. The molecule has 0 aliphatic carbocycles. The van der Waals surface area contributed by atoms with Gasteiger partial charge in [-0.2, -0.15) is 5.10 Å². The van der Waals surface area contributed by atoms with Gasteiger partial charge in [0.15, 0.2) is 0 Å². The van der Waals surface area contributed by atoms with E-state index in [9.17, 15) is 4.39 Å². The van der Waals surface area contributed by atoms with Gasteiger partial charge < -0.3 is 5.32 Å². The lowest BCUT2D eigenvalue weighted by Crippen LogP contribution is -2.33. The molecule has 0 saturated carbocycles. The van der Waals surface area contributed by atoms with Crippen LogP contribution < -0.4 is 5.32 Å². The first-order valence-corrected chi connectivity index (χ1v) is 8.78. The summed E-state index contributed by atoms with van der Waals surface area (Å²) in [6.45, 7) is 3.74. The lowest BCUT2D eigenvalue weighted by atomic mass is 10.2. The fourth-order valence-electron chi connectivity index (χ4n) is 3.05. The predicted octanol–water partition coefficient (Wildman–Crippen LogP) is 3.09. The van der Waals surface area contributed by atoms with E-state index in [1.807, 2.05) is 4.68 Å². The van der Waals surface area contributed by atoms with Crippen molar-refractivity contribution in [1.29, 1.82) is 0 Å². The number of nitrogens with one attached hydrogen (secondary N) is 1. The van der Waals surface area contributed by atoms with Crippen LogP contribution in [-0.4, -0.2) is 31.2 Å². The molecule has 0 atom stereocenters. The minimum atomic E-state index is -0.310. The largest absolute Gasteiger partial charge is 0.348 e. The van der Waals surface area contributed by atoms with Crippen molar-refractivity contribution in [3.8, 4) is 0 Å². The zero-order valence-corrected chi connectivity index (χ0v) is 14.8. The van der Waals surface area contributed by atoms with Crippen LogP contribution in [0.25, 0.3) is 0 Å². The molecule has 1 aromatic carbocycles. The Balaban J connectivity index is 1.40. The summed E-state index contributed by atoms with van der Waals surface area (Å²) in [5, 5.41) is 8.27. The van der Waals surface area contributed by atoms with Crippen LogP contribution in [0.2, 0.25) is 5.02 Å². The van der Waals surface area contributed by atoms with Crippen molar-refractivity contribution < 1.29 is 4.39 Å². The van der Waals surface area contributed by atoms with Crippen LogP contribution in [0.5, 0.6) is 0 Å². The average molecular weight is 373 g/mol. The Labute approximate surface area is 155 Å². The topological polar surface area (TPSA) is 58.9 Å². The molecule has 2 aromatic heterocycles. The van der Waals surface area contributed by atoms with Crippen molar-refractivity contribution in [2.75, 3.05) is 11.9 Å². The van der Waals surface area contributed by atoms with Gasteiger partial charge in [0.1, 0.15) is 5.82 Å². The van der Waals surface area contributed by atoms with E-state index in [2.05, 4.69) is 31.3 Å². The first kappa shape index (κ1) is 16.9. The second kappa shape index (κ2) is 7.39. The van der Waals surface area contributed by atoms with Gasteiger partial charge in [-0.05, 0) is 29.8 Å². The molecular weight excluding hydrogens is 355 g/mol. The van der Waals surface area contributed by atoms with E-state index in [4.69, 9.17) is 11.6 Å². The molecule has 1 aliphatic heterocycles. The first-order valence-electron chi connectivity index (χ1n) is 8.40. The predicted molar refractivity (Wildman–Crippen MR) is 97.1 cm³/mol. The maximum atomic E-state index is 13.2. The molecule has 3 aromatic rings. The van der Waals surface area contributed by atoms with E-state index >= 15 is 0 Å². The van der Waals surface area contributed by atoms with E-state index in [1.54, 1.807) is 24.5 Å². The quantitative estimate of drug-likeness (QED) is 0.745. The van der Waals surface area contributed by atoms with Crippen LogP contribution in [0.4, 0.5) is 10.3 Å². The zero-order chi connectivity index (χ0) is 17.9. The number of hydrogen-bond donors (Lipinski definition) is 1. The van der Waals surface area contributed by atoms with Gasteiger partial charge in [-0.25, -0.2) is 14.4 Å². The van der Waals surface area contributed by atoms with E-state index < -0.39 is 0 Å². The summed E-state index contributed by atoms with van der Waals surface area (Å²) < 4.78 is 15.2. The number of hydrogen-bond acceptors (Lipinski definition) is 5. The Kier molecular flexibility index (Phi) is 4.81. The van der Waals surface area contributed by atoms with Gasteiger partial charge in [0.2, 0.25) is 5.95 Å². The lowest BCUT2D eigenvalue weighted by Gasteiger charge is -2.27. The van der Waals surface area contributed by atoms with Gasteiger partial charge in [-0.15, -0.1) is 0 Å². The Morgan fingerprint density at radius 1 is 1.15 bits per heavy atom. The highest BCUT2D eigenvalue weighted by Gasteiger charge is 2.19. The SMILES string of the molecule is Fc1ccc(CN2CCn3nc(CNc4ncccn4)cc3C2)c(Cl)c1. The summed E-state index contributed by atoms with van der Waals surface area (Å²) in [5.74, 6) is 0.279. The number of nitrogens with zero attached hydrogens (tertiary/aromatic N) is 5. The van der Waals surface area contributed by atoms with Crippen LogP contribution in [0.15, 0.2) is 42.7 Å². The van der Waals surface area contributed by atoms with E-state index in [-0.39, 0.29) is 5.82 Å². The molecule has 0 spiro atoms. The fourth-order valence-corrected chi connectivity index (χ4v) is 3.28. The van der Waals surface area contributed by atoms with E-state index in [0.29, 0.717) is 24.1 Å². The molecule has 26 heavy (non-hydrogen) atoms. The molecule has 0 amide bonds. The van der Waals surface area contributed by atoms with Crippen molar-refractivity contribution in [3.05, 3.63) is 70.5 Å². The normalized spacial score (nSPS) is 14.2. The van der Waals surface area contributed by atoms with Crippen LogP contribution in [0.1, 0.15) is 17.0 Å². The Morgan fingerprint density at radius 2 is 2.00 bits per heavy atom. The first-order chi connectivity index (χ1) is 12.7. The highest BCUT2D eigenvalue weighted by atomic mass is 35.5. The van der Waals surface area contributed by atoms with Gasteiger partial charge >= 0.3 is 0 Å². The molecule has 0 unspecified atom stereocenters. The van der Waals surface area contributed by atoms with E-state index in [0.717, 1.165) is 36.6 Å². The van der Waals surface area contributed by atoms with E-state index in [1.165, 1.54) is 12.1 Å². The number of benzene rings is 1. The maximum absolute atomic E-state index is 13.2. The van der Waals surface area contributed by atoms with Gasteiger partial charge in [-0.1, -0.05) is 17.7 Å². The monoisotopic (exact) mass is 372 g/mol. The van der Waals surface area contributed by atoms with Gasteiger partial charge in [-0.3, -0.25) is 9.58 Å². The summed E-state index contributed by atoms with van der Waals surface area (Å²) >= 11 is 6.15. The highest BCUT2D eigenvalue weighted by molar-refractivity contribution is 6.31. The molecular formula is C18H18ClFN6. The number of aromatic nitrogens is 4. The average Bonchev–Trinajstić information content (AvgIpc) is 3.05. The Bertz CT molecular complexity index is 898. The number of halogens is 2. The van der Waals surface area contributed by atoms with Crippen molar-refractivity contribution in [2.24, 2.45) is 0 Å². The molecule has 8 heteroatoms. The summed E-state index contributed by atoms with van der Waals surface area (Å²) in [6.07, 6.45) is 3.40. The summed E-state index contributed by atoms with van der Waals surface area (Å²) in [6, 6.07) is 8.43. The molecule has 4 rings (SSSR count). The van der Waals surface area contributed by atoms with Crippen molar-refractivity contribution in [2.45, 2.75) is 26.2 Å². The third-order valence-electron chi connectivity index (χ3n) is 4.33. The maximum Gasteiger partial charge on any atom is 0.222 e. The Morgan fingerprint density at radius 3 is 2.81 bits per heavy atom. The van der Waals surface area contributed by atoms with Crippen LogP contribution in [-0.2, 0) is 26.2 Å². The van der Waals surface area contributed by atoms with Crippen LogP contribution in [0, 0.1) is 5.82 Å². The van der Waals surface area contributed by atoms with Crippen molar-refractivity contribution in [1.82, 2.24) is 24.6 Å². The minimum absolute atomic E-state index is 0.310. The van der Waals surface area contributed by atoms with Gasteiger partial charge in [0.25, 0.3) is 0 Å². The molecule has 0 radical (unpaired) electrons. The number of fused-ring (bicyclic) bond motifs is 1. The summed E-state index contributed by atoms with van der Waals surface area (Å²) in [7, 11) is 0. The zero-order valence-electron chi connectivity index (χ0n) is 14.1. The third-order valence-corrected chi connectivity index (χ3v) is 4.68. The molecule has 3 heterocycles. The molecule has 1 N–H and O–H groups in total. The highest BCUT2D eigenvalue weighted by Crippen LogP contribution is 2.22. The second-order valence-electron chi connectivity index (χ2n) is 6.22. The molecule has 6 nitrogen and oxygen atoms in total. The second-order valence-corrected chi connectivity index (χ2v) is 6.63. The fraction of sp³-hybridized carbons (Fsp3) is 0.278. The molecule has 134 valence electrons. The molecule has 0 bridgehead atoms. The van der Waals surface area contributed by atoms with Gasteiger partial charge in [0.05, 0.1) is 24.5 Å². The smallest absolute Gasteiger partial charge is 0.222 e. The Hall–Kier alpha value is -2.51. The van der Waals surface area contributed by atoms with Gasteiger partial charge in [0, 0.05) is 37.1 Å². The summed E-state index contributed by atoms with van der Waals surface area (Å²) in [5.41, 5.74) is 3.04. The number of rotatable bonds is 5. The molecule has 1 aliphatic rings.